The molecule has 0 aliphatic rings. The van der Waals surface area contributed by atoms with Crippen molar-refractivity contribution in [1.82, 2.24) is 0 Å². The number of benzene rings is 2. The van der Waals surface area contributed by atoms with Gasteiger partial charge in [-0.2, -0.15) is 0 Å². The Morgan fingerprint density at radius 2 is 1.72 bits per heavy atom. The smallest absolute Gasteiger partial charge is 0.356 e. The fraction of sp³-hybridized carbons (Fsp3) is 0.188. The summed E-state index contributed by atoms with van der Waals surface area (Å²) >= 11 is 7.35. The third-order valence-electron chi connectivity index (χ3n) is 3.50. The molecule has 4 N–H and O–H groups in total. The van der Waals surface area contributed by atoms with Crippen LogP contribution >= 0.6 is 22.9 Å². The number of nitrogens with zero attached hydrogens (tertiary/aromatic N) is 1. The van der Waals surface area contributed by atoms with E-state index >= 15 is 0 Å². The number of halogens is 1. The molecule has 1 heterocycles. The molecule has 0 bridgehead atoms. The quantitative estimate of drug-likeness (QED) is 0.371. The standard InChI is InChI=1S/C9H12O3S.C7H6ClN3S/c1-6-4-7(2)9(8(3)5-6)13(10,11)12;8-4-2-1-3-5-6(4)11(10)7(9)12-5/h4-5H,1-3H3,(H,10,11,12);1-3,9H,10H2. The van der Waals surface area contributed by atoms with Crippen LogP contribution in [0.15, 0.2) is 35.2 Å². The SMILES string of the molecule is Cc1cc(C)c(S(=O)(=O)[O-])c(C)c1.Nc1sc2cccc(Cl)c2[n+]1N. The van der Waals surface area contributed by atoms with E-state index < -0.39 is 10.1 Å². The van der Waals surface area contributed by atoms with Gasteiger partial charge < -0.3 is 4.55 Å². The summed E-state index contributed by atoms with van der Waals surface area (Å²) < 4.78 is 34.9. The van der Waals surface area contributed by atoms with E-state index in [2.05, 4.69) is 0 Å². The summed E-state index contributed by atoms with van der Waals surface area (Å²) in [6, 6.07) is 8.99. The van der Waals surface area contributed by atoms with E-state index in [0.717, 1.165) is 15.8 Å². The summed E-state index contributed by atoms with van der Waals surface area (Å²) in [5.41, 5.74) is 8.41. The largest absolute Gasteiger partial charge is 0.744 e. The maximum Gasteiger partial charge on any atom is 0.356 e. The number of aromatic nitrogens is 1. The van der Waals surface area contributed by atoms with E-state index in [-0.39, 0.29) is 4.90 Å². The molecular formula is C16H18ClN3O3S2. The normalized spacial score (nSPS) is 11.2. The first-order valence-electron chi connectivity index (χ1n) is 7.19. The van der Waals surface area contributed by atoms with Gasteiger partial charge in [-0.05, 0) is 55.4 Å². The van der Waals surface area contributed by atoms with Crippen LogP contribution in [0.5, 0.6) is 0 Å². The molecule has 6 nitrogen and oxygen atoms in total. The number of nitrogen functional groups attached to an aromatic ring is 2. The van der Waals surface area contributed by atoms with Crippen LogP contribution in [-0.4, -0.2) is 13.0 Å². The van der Waals surface area contributed by atoms with Crippen molar-refractivity contribution in [2.24, 2.45) is 0 Å². The highest BCUT2D eigenvalue weighted by Gasteiger charge is 2.14. The number of nitrogens with two attached hydrogens (primary N) is 2. The molecule has 0 saturated carbocycles. The minimum absolute atomic E-state index is 0.0851. The van der Waals surface area contributed by atoms with Crippen LogP contribution in [0.1, 0.15) is 16.7 Å². The number of rotatable bonds is 1. The van der Waals surface area contributed by atoms with E-state index in [4.69, 9.17) is 23.2 Å². The Hall–Kier alpha value is -1.87. The molecule has 0 aliphatic heterocycles. The molecule has 0 radical (unpaired) electrons. The lowest BCUT2D eigenvalue weighted by Gasteiger charge is -2.14. The number of anilines is 1. The first-order valence-corrected chi connectivity index (χ1v) is 9.80. The third kappa shape index (κ3) is 4.21. The number of thiazole rings is 1. The van der Waals surface area contributed by atoms with Crippen molar-refractivity contribution in [2.45, 2.75) is 25.7 Å². The van der Waals surface area contributed by atoms with Crippen LogP contribution in [-0.2, 0) is 10.1 Å². The second kappa shape index (κ2) is 7.17. The molecule has 2 aromatic carbocycles. The van der Waals surface area contributed by atoms with Crippen molar-refractivity contribution < 1.29 is 17.6 Å². The lowest BCUT2D eigenvalue weighted by atomic mass is 10.1. The lowest BCUT2D eigenvalue weighted by Crippen LogP contribution is -2.45. The molecule has 1 aromatic heterocycles. The molecule has 0 amide bonds. The number of aryl methyl sites for hydroxylation is 3. The molecule has 0 saturated heterocycles. The first-order chi connectivity index (χ1) is 11.5. The third-order valence-corrected chi connectivity index (χ3v) is 5.90. The molecular weight excluding hydrogens is 382 g/mol. The average Bonchev–Trinajstić information content (AvgIpc) is 2.73. The molecule has 3 aromatic rings. The molecule has 3 rings (SSSR count). The average molecular weight is 400 g/mol. The predicted octanol–water partition coefficient (Wildman–Crippen LogP) is 2.65. The van der Waals surface area contributed by atoms with Gasteiger partial charge >= 0.3 is 5.13 Å². The maximum atomic E-state index is 10.8. The fourth-order valence-electron chi connectivity index (χ4n) is 2.64. The van der Waals surface area contributed by atoms with Crippen LogP contribution in [0.3, 0.4) is 0 Å². The minimum atomic E-state index is -4.33. The van der Waals surface area contributed by atoms with E-state index in [1.165, 1.54) is 16.0 Å². The fourth-order valence-corrected chi connectivity index (χ4v) is 4.74. The molecule has 0 atom stereocenters. The Bertz CT molecular complexity index is 1020. The Morgan fingerprint density at radius 3 is 2.20 bits per heavy atom. The summed E-state index contributed by atoms with van der Waals surface area (Å²) in [5.74, 6) is 5.66. The van der Waals surface area contributed by atoms with Crippen molar-refractivity contribution in [1.29, 1.82) is 0 Å². The van der Waals surface area contributed by atoms with Crippen LogP contribution in [0.2, 0.25) is 5.02 Å². The Kier molecular flexibility index (Phi) is 5.58. The van der Waals surface area contributed by atoms with Gasteiger partial charge in [-0.3, -0.25) is 11.6 Å². The van der Waals surface area contributed by atoms with Gasteiger partial charge in [0.2, 0.25) is 0 Å². The van der Waals surface area contributed by atoms with Gasteiger partial charge in [0.15, 0.2) is 5.52 Å². The van der Waals surface area contributed by atoms with Gasteiger partial charge in [0, 0.05) is 0 Å². The molecule has 25 heavy (non-hydrogen) atoms. The van der Waals surface area contributed by atoms with Crippen LogP contribution in [0.4, 0.5) is 5.13 Å². The zero-order valence-corrected chi connectivity index (χ0v) is 16.3. The van der Waals surface area contributed by atoms with Gasteiger partial charge in [0.1, 0.15) is 10.1 Å². The predicted molar refractivity (Wildman–Crippen MR) is 100 cm³/mol. The summed E-state index contributed by atoms with van der Waals surface area (Å²) in [6.45, 7) is 5.12. The summed E-state index contributed by atoms with van der Waals surface area (Å²) in [6.07, 6.45) is 0. The van der Waals surface area contributed by atoms with Crippen LogP contribution < -0.4 is 16.3 Å². The number of hydrogen-bond acceptors (Lipinski definition) is 6. The Labute approximate surface area is 155 Å². The molecule has 0 fully saturated rings. The van der Waals surface area contributed by atoms with Crippen molar-refractivity contribution in [2.75, 3.05) is 11.6 Å². The second-order valence-corrected chi connectivity index (χ2v) is 8.36. The molecule has 9 heteroatoms. The first kappa shape index (κ1) is 19.5. The van der Waals surface area contributed by atoms with Crippen LogP contribution in [0, 0.1) is 20.8 Å². The highest BCUT2D eigenvalue weighted by Crippen LogP contribution is 2.26. The molecule has 0 aliphatic carbocycles. The summed E-state index contributed by atoms with van der Waals surface area (Å²) in [5, 5.41) is 1.18. The number of para-hydroxylation sites is 1. The lowest BCUT2D eigenvalue weighted by molar-refractivity contribution is -0.591. The van der Waals surface area contributed by atoms with Crippen molar-refractivity contribution in [3.05, 3.63) is 52.0 Å². The van der Waals surface area contributed by atoms with Crippen molar-refractivity contribution in [3.8, 4) is 0 Å². The van der Waals surface area contributed by atoms with E-state index in [9.17, 15) is 13.0 Å². The van der Waals surface area contributed by atoms with Crippen molar-refractivity contribution >= 4 is 48.4 Å². The van der Waals surface area contributed by atoms with Gasteiger partial charge in [0.05, 0.1) is 14.6 Å². The highest BCUT2D eigenvalue weighted by atomic mass is 35.5. The summed E-state index contributed by atoms with van der Waals surface area (Å²) in [4.78, 5) is -0.0851. The summed E-state index contributed by atoms with van der Waals surface area (Å²) in [7, 11) is -4.33. The molecule has 0 unspecified atom stereocenters. The Balaban J connectivity index is 0.000000181. The van der Waals surface area contributed by atoms with Gasteiger partial charge in [0.25, 0.3) is 0 Å². The molecule has 0 spiro atoms. The van der Waals surface area contributed by atoms with E-state index in [0.29, 0.717) is 21.3 Å². The Morgan fingerprint density at radius 1 is 1.16 bits per heavy atom. The van der Waals surface area contributed by atoms with Crippen molar-refractivity contribution in [3.63, 3.8) is 0 Å². The van der Waals surface area contributed by atoms with Crippen LogP contribution in [0.25, 0.3) is 10.2 Å². The second-order valence-electron chi connectivity index (χ2n) is 5.58. The zero-order valence-electron chi connectivity index (χ0n) is 13.9. The van der Waals surface area contributed by atoms with E-state index in [1.54, 1.807) is 32.0 Å². The molecule has 134 valence electrons. The topological polar surface area (TPSA) is 113 Å². The number of fused-ring (bicyclic) bond motifs is 1. The van der Waals surface area contributed by atoms with Gasteiger partial charge in [-0.25, -0.2) is 8.42 Å². The minimum Gasteiger partial charge on any atom is -0.744 e. The maximum absolute atomic E-state index is 10.8. The highest BCUT2D eigenvalue weighted by molar-refractivity contribution is 7.85. The van der Waals surface area contributed by atoms with E-state index in [1.807, 2.05) is 19.1 Å². The number of hydrogen-bond donors (Lipinski definition) is 2. The zero-order chi connectivity index (χ0) is 18.9. The van der Waals surface area contributed by atoms with Gasteiger partial charge in [-0.1, -0.05) is 35.4 Å². The monoisotopic (exact) mass is 399 g/mol. The van der Waals surface area contributed by atoms with Gasteiger partial charge in [-0.15, -0.1) is 4.68 Å².